The molecule has 11 heteroatoms. The van der Waals surface area contributed by atoms with E-state index in [1.807, 2.05) is 50.4 Å². The van der Waals surface area contributed by atoms with Crippen molar-refractivity contribution < 1.29 is 29.4 Å². The summed E-state index contributed by atoms with van der Waals surface area (Å²) in [6.45, 7) is 3.76. The SMILES string of the molecule is CSCCC(NC(=O)C(N)Cc1ccccc1)C(=O)NC(CC(C)C)C(=O)NC(Cc1ccc(O)cc1)C(=O)O. The summed E-state index contributed by atoms with van der Waals surface area (Å²) in [7, 11) is 0. The second kappa shape index (κ2) is 16.5. The number of rotatable bonds is 16. The molecule has 0 radical (unpaired) electrons. The van der Waals surface area contributed by atoms with Crippen molar-refractivity contribution in [1.29, 1.82) is 0 Å². The third-order valence-corrected chi connectivity index (χ3v) is 6.85. The molecular formula is C29H40N4O6S. The fourth-order valence-electron chi connectivity index (χ4n) is 4.06. The molecule has 0 aromatic heterocycles. The van der Waals surface area contributed by atoms with Crippen LogP contribution in [0.3, 0.4) is 0 Å². The first-order valence-electron chi connectivity index (χ1n) is 13.2. The monoisotopic (exact) mass is 572 g/mol. The van der Waals surface area contributed by atoms with E-state index >= 15 is 0 Å². The fourth-order valence-corrected chi connectivity index (χ4v) is 4.53. The van der Waals surface area contributed by atoms with Gasteiger partial charge in [-0.3, -0.25) is 14.4 Å². The molecule has 0 aliphatic carbocycles. The third-order valence-electron chi connectivity index (χ3n) is 6.21. The molecule has 4 atom stereocenters. The number of hydrogen-bond donors (Lipinski definition) is 6. The Morgan fingerprint density at radius 2 is 1.35 bits per heavy atom. The Morgan fingerprint density at radius 1 is 0.800 bits per heavy atom. The van der Waals surface area contributed by atoms with Gasteiger partial charge in [0.05, 0.1) is 6.04 Å². The molecule has 0 heterocycles. The largest absolute Gasteiger partial charge is 0.508 e. The quantitative estimate of drug-likeness (QED) is 0.177. The number of carboxylic acid groups (broad SMARTS) is 1. The molecule has 3 amide bonds. The third kappa shape index (κ3) is 11.3. The van der Waals surface area contributed by atoms with Gasteiger partial charge in [-0.25, -0.2) is 4.79 Å². The number of amides is 3. The van der Waals surface area contributed by atoms with Crippen molar-refractivity contribution >= 4 is 35.5 Å². The molecule has 40 heavy (non-hydrogen) atoms. The standard InChI is InChI=1S/C29H40N4O6S/c1-18(2)15-24(28(37)33-25(29(38)39)17-20-9-11-21(34)12-10-20)32-27(36)23(13-14-40-3)31-26(35)22(30)16-19-7-5-4-6-8-19/h4-12,18,22-25,34H,13-17,30H2,1-3H3,(H,31,35)(H,32,36)(H,33,37)(H,38,39). The molecule has 7 N–H and O–H groups in total. The van der Waals surface area contributed by atoms with Crippen LogP contribution in [0.1, 0.15) is 37.8 Å². The second-order valence-electron chi connectivity index (χ2n) is 10.1. The van der Waals surface area contributed by atoms with Crippen LogP contribution in [0, 0.1) is 5.92 Å². The molecule has 0 aliphatic heterocycles. The van der Waals surface area contributed by atoms with Gasteiger partial charge in [0.15, 0.2) is 0 Å². The van der Waals surface area contributed by atoms with E-state index in [2.05, 4.69) is 16.0 Å². The molecule has 0 saturated carbocycles. The van der Waals surface area contributed by atoms with E-state index in [-0.39, 0.29) is 24.5 Å². The number of phenolic OH excluding ortho intramolecular Hbond substituents is 1. The van der Waals surface area contributed by atoms with E-state index in [1.54, 1.807) is 12.1 Å². The summed E-state index contributed by atoms with van der Waals surface area (Å²) in [4.78, 5) is 51.3. The summed E-state index contributed by atoms with van der Waals surface area (Å²) in [5.41, 5.74) is 7.62. The van der Waals surface area contributed by atoms with E-state index in [4.69, 9.17) is 5.73 Å². The maximum Gasteiger partial charge on any atom is 0.326 e. The predicted octanol–water partition coefficient (Wildman–Crippen LogP) is 1.84. The van der Waals surface area contributed by atoms with Gasteiger partial charge in [0.25, 0.3) is 0 Å². The summed E-state index contributed by atoms with van der Waals surface area (Å²) in [5, 5.41) is 27.2. The number of carbonyl (C=O) groups excluding carboxylic acids is 3. The van der Waals surface area contributed by atoms with Gasteiger partial charge in [-0.15, -0.1) is 0 Å². The first-order chi connectivity index (χ1) is 19.0. The van der Waals surface area contributed by atoms with Crippen LogP contribution in [0.5, 0.6) is 5.75 Å². The smallest absolute Gasteiger partial charge is 0.326 e. The number of benzene rings is 2. The number of hydrogen-bond acceptors (Lipinski definition) is 7. The Kier molecular flexibility index (Phi) is 13.5. The highest BCUT2D eigenvalue weighted by Gasteiger charge is 2.30. The highest BCUT2D eigenvalue weighted by molar-refractivity contribution is 7.98. The Bertz CT molecular complexity index is 1110. The van der Waals surface area contributed by atoms with Crippen molar-refractivity contribution in [3.05, 3.63) is 65.7 Å². The van der Waals surface area contributed by atoms with Crippen LogP contribution < -0.4 is 21.7 Å². The number of carboxylic acids is 1. The van der Waals surface area contributed by atoms with Crippen LogP contribution in [-0.4, -0.2) is 70.1 Å². The number of nitrogens with one attached hydrogen (secondary N) is 3. The number of aliphatic carboxylic acids is 1. The van der Waals surface area contributed by atoms with Gasteiger partial charge in [0.2, 0.25) is 17.7 Å². The Balaban J connectivity index is 2.11. The van der Waals surface area contributed by atoms with E-state index < -0.39 is 47.9 Å². The van der Waals surface area contributed by atoms with Gasteiger partial charge in [-0.2, -0.15) is 11.8 Å². The summed E-state index contributed by atoms with van der Waals surface area (Å²) in [6, 6.07) is 11.3. The first kappa shape index (κ1) is 32.6. The molecule has 4 unspecified atom stereocenters. The second-order valence-corrected chi connectivity index (χ2v) is 11.1. The Hall–Kier alpha value is -3.57. The van der Waals surface area contributed by atoms with Crippen molar-refractivity contribution in [2.75, 3.05) is 12.0 Å². The minimum atomic E-state index is -1.24. The number of phenols is 1. The summed E-state index contributed by atoms with van der Waals surface area (Å²) >= 11 is 1.51. The van der Waals surface area contributed by atoms with E-state index in [0.717, 1.165) is 5.56 Å². The average Bonchev–Trinajstić information content (AvgIpc) is 2.91. The zero-order chi connectivity index (χ0) is 29.7. The number of carbonyl (C=O) groups is 4. The first-order valence-corrected chi connectivity index (χ1v) is 14.6. The van der Waals surface area contributed by atoms with Crippen LogP contribution in [-0.2, 0) is 32.0 Å². The highest BCUT2D eigenvalue weighted by atomic mass is 32.2. The van der Waals surface area contributed by atoms with Crippen LogP contribution in [0.2, 0.25) is 0 Å². The van der Waals surface area contributed by atoms with Gasteiger partial charge >= 0.3 is 5.97 Å². The molecule has 0 saturated heterocycles. The van der Waals surface area contributed by atoms with Crippen molar-refractivity contribution in [1.82, 2.24) is 16.0 Å². The van der Waals surface area contributed by atoms with Crippen molar-refractivity contribution in [2.24, 2.45) is 11.7 Å². The minimum absolute atomic E-state index is 0.00456. The van der Waals surface area contributed by atoms with E-state index in [0.29, 0.717) is 24.2 Å². The maximum atomic E-state index is 13.3. The summed E-state index contributed by atoms with van der Waals surface area (Å²) in [6.07, 6.45) is 2.77. The summed E-state index contributed by atoms with van der Waals surface area (Å²) in [5.74, 6) is -2.24. The zero-order valence-corrected chi connectivity index (χ0v) is 23.9. The van der Waals surface area contributed by atoms with Crippen LogP contribution >= 0.6 is 11.8 Å². The lowest BCUT2D eigenvalue weighted by molar-refractivity contribution is -0.142. The molecule has 10 nitrogen and oxygen atoms in total. The summed E-state index contributed by atoms with van der Waals surface area (Å²) < 4.78 is 0. The van der Waals surface area contributed by atoms with Crippen LogP contribution in [0.4, 0.5) is 0 Å². The number of aromatic hydroxyl groups is 1. The average molecular weight is 573 g/mol. The molecular weight excluding hydrogens is 532 g/mol. The number of thioether (sulfide) groups is 1. The molecule has 2 aromatic rings. The highest BCUT2D eigenvalue weighted by Crippen LogP contribution is 2.13. The fraction of sp³-hybridized carbons (Fsp3) is 0.448. The molecule has 2 aromatic carbocycles. The topological polar surface area (TPSA) is 171 Å². The lowest BCUT2D eigenvalue weighted by Crippen LogP contribution is -2.57. The van der Waals surface area contributed by atoms with Crippen LogP contribution in [0.25, 0.3) is 0 Å². The van der Waals surface area contributed by atoms with Gasteiger partial charge in [0.1, 0.15) is 23.9 Å². The van der Waals surface area contributed by atoms with Gasteiger partial charge in [-0.1, -0.05) is 56.3 Å². The maximum absolute atomic E-state index is 13.3. The Labute approximate surface area is 239 Å². The minimum Gasteiger partial charge on any atom is -0.508 e. The Morgan fingerprint density at radius 3 is 1.93 bits per heavy atom. The van der Waals surface area contributed by atoms with Crippen molar-refractivity contribution in [3.8, 4) is 5.75 Å². The molecule has 2 rings (SSSR count). The molecule has 0 spiro atoms. The van der Waals surface area contributed by atoms with Gasteiger partial charge in [-0.05, 0) is 60.4 Å². The molecule has 0 bridgehead atoms. The van der Waals surface area contributed by atoms with Crippen LogP contribution in [0.15, 0.2) is 54.6 Å². The molecule has 0 fully saturated rings. The van der Waals surface area contributed by atoms with Crippen molar-refractivity contribution in [2.45, 2.75) is 63.7 Å². The van der Waals surface area contributed by atoms with Gasteiger partial charge < -0.3 is 31.9 Å². The normalized spacial score (nSPS) is 14.0. The molecule has 0 aliphatic rings. The lowest BCUT2D eigenvalue weighted by Gasteiger charge is -2.26. The zero-order valence-electron chi connectivity index (χ0n) is 23.1. The molecule has 218 valence electrons. The van der Waals surface area contributed by atoms with Gasteiger partial charge in [0, 0.05) is 6.42 Å². The lowest BCUT2D eigenvalue weighted by atomic mass is 10.0. The van der Waals surface area contributed by atoms with E-state index in [9.17, 15) is 29.4 Å². The number of nitrogens with two attached hydrogens (primary N) is 1. The van der Waals surface area contributed by atoms with E-state index in [1.165, 1.54) is 23.9 Å². The predicted molar refractivity (Wildman–Crippen MR) is 156 cm³/mol. The van der Waals surface area contributed by atoms with Crippen molar-refractivity contribution in [3.63, 3.8) is 0 Å².